The SMILES string of the molecule is C1CCC1.[Ir]. The van der Waals surface area contributed by atoms with Gasteiger partial charge in [0.2, 0.25) is 0 Å². The Labute approximate surface area is 46.3 Å². The monoisotopic (exact) mass is 249 g/mol. The summed E-state index contributed by atoms with van der Waals surface area (Å²) in [5.41, 5.74) is 0. The van der Waals surface area contributed by atoms with Crippen LogP contribution >= 0.6 is 0 Å². The first-order valence-electron chi connectivity index (χ1n) is 2.00. The van der Waals surface area contributed by atoms with E-state index in [1.165, 1.54) is 25.7 Å². The minimum Gasteiger partial charge on any atom is -0.0533 e. The Kier molecular flexibility index (Phi) is 3.24. The summed E-state index contributed by atoms with van der Waals surface area (Å²) in [6.45, 7) is 0. The van der Waals surface area contributed by atoms with Crippen molar-refractivity contribution >= 4 is 0 Å². The van der Waals surface area contributed by atoms with Crippen LogP contribution in [0.2, 0.25) is 0 Å². The molecule has 0 unspecified atom stereocenters. The second kappa shape index (κ2) is 2.86. The molecule has 1 aliphatic carbocycles. The normalized spacial score (nSPS) is 19.2. The summed E-state index contributed by atoms with van der Waals surface area (Å²) in [6.07, 6.45) is 6.00. The Bertz CT molecular complexity index is 11.6. The van der Waals surface area contributed by atoms with E-state index < -0.39 is 0 Å². The van der Waals surface area contributed by atoms with E-state index in [-0.39, 0.29) is 20.1 Å². The maximum Gasteiger partial charge on any atom is 0 e. The molecule has 0 amide bonds. The van der Waals surface area contributed by atoms with Crippen molar-refractivity contribution in [1.29, 1.82) is 0 Å². The third-order valence-electron chi connectivity index (χ3n) is 1.000. The van der Waals surface area contributed by atoms with Gasteiger partial charge in [0.05, 0.1) is 0 Å². The van der Waals surface area contributed by atoms with Gasteiger partial charge in [-0.2, -0.15) is 0 Å². The molecule has 0 bridgehead atoms. The van der Waals surface area contributed by atoms with Gasteiger partial charge in [-0.05, 0) is 0 Å². The van der Waals surface area contributed by atoms with Gasteiger partial charge in [0.25, 0.3) is 0 Å². The van der Waals surface area contributed by atoms with Crippen LogP contribution in [0.1, 0.15) is 25.7 Å². The molecule has 0 aliphatic heterocycles. The summed E-state index contributed by atoms with van der Waals surface area (Å²) in [5, 5.41) is 0. The summed E-state index contributed by atoms with van der Waals surface area (Å²) < 4.78 is 0. The van der Waals surface area contributed by atoms with Crippen molar-refractivity contribution in [1.82, 2.24) is 0 Å². The maximum absolute atomic E-state index is 1.50. The Morgan fingerprint density at radius 2 is 0.800 bits per heavy atom. The molecule has 33 valence electrons. The zero-order valence-electron chi connectivity index (χ0n) is 3.16. The molecule has 1 rings (SSSR count). The Morgan fingerprint density at radius 3 is 0.800 bits per heavy atom. The van der Waals surface area contributed by atoms with Gasteiger partial charge in [-0.1, -0.05) is 25.7 Å². The van der Waals surface area contributed by atoms with Gasteiger partial charge in [0, 0.05) is 20.1 Å². The standard InChI is InChI=1S/C4H8.Ir/c1-2-4-3-1;/h1-4H2;. The first-order valence-corrected chi connectivity index (χ1v) is 2.00. The molecule has 0 atom stereocenters. The van der Waals surface area contributed by atoms with Crippen LogP contribution in [0.25, 0.3) is 0 Å². The molecule has 1 aliphatic rings. The minimum absolute atomic E-state index is 0. The van der Waals surface area contributed by atoms with E-state index in [4.69, 9.17) is 0 Å². The van der Waals surface area contributed by atoms with Crippen molar-refractivity contribution in [2.75, 3.05) is 0 Å². The summed E-state index contributed by atoms with van der Waals surface area (Å²) in [7, 11) is 0. The minimum atomic E-state index is 0. The first-order chi connectivity index (χ1) is 2.00. The molecule has 5 heavy (non-hydrogen) atoms. The summed E-state index contributed by atoms with van der Waals surface area (Å²) >= 11 is 0. The zero-order valence-corrected chi connectivity index (χ0v) is 5.56. The Morgan fingerprint density at radius 1 is 0.600 bits per heavy atom. The molecule has 0 aromatic rings. The molecule has 0 aromatic carbocycles. The van der Waals surface area contributed by atoms with Gasteiger partial charge in [0.1, 0.15) is 0 Å². The fraction of sp³-hybridized carbons (Fsp3) is 1.00. The molecular formula is C4H8Ir. The summed E-state index contributed by atoms with van der Waals surface area (Å²) in [6, 6.07) is 0. The third-order valence-corrected chi connectivity index (χ3v) is 1.000. The second-order valence-corrected chi connectivity index (χ2v) is 1.41. The molecule has 0 spiro atoms. The van der Waals surface area contributed by atoms with E-state index in [0.29, 0.717) is 0 Å². The number of hydrogen-bond acceptors (Lipinski definition) is 0. The summed E-state index contributed by atoms with van der Waals surface area (Å²) in [5.74, 6) is 0. The molecular weight excluding hydrogens is 240 g/mol. The van der Waals surface area contributed by atoms with Crippen LogP contribution in [0.15, 0.2) is 0 Å². The van der Waals surface area contributed by atoms with E-state index in [9.17, 15) is 0 Å². The van der Waals surface area contributed by atoms with E-state index in [2.05, 4.69) is 0 Å². The van der Waals surface area contributed by atoms with Crippen molar-refractivity contribution < 1.29 is 20.1 Å². The van der Waals surface area contributed by atoms with Crippen LogP contribution in [0.3, 0.4) is 0 Å². The van der Waals surface area contributed by atoms with E-state index >= 15 is 0 Å². The molecule has 0 saturated heterocycles. The maximum atomic E-state index is 1.50. The van der Waals surface area contributed by atoms with Crippen LogP contribution in [0.5, 0.6) is 0 Å². The fourth-order valence-electron chi connectivity index (χ4n) is 0.250. The molecule has 0 nitrogen and oxygen atoms in total. The topological polar surface area (TPSA) is 0 Å². The zero-order chi connectivity index (χ0) is 2.83. The Hall–Kier alpha value is 0.649. The van der Waals surface area contributed by atoms with E-state index in [1.54, 1.807) is 0 Å². The first kappa shape index (κ1) is 5.65. The average Bonchev–Trinajstić information content (AvgIpc) is 0.722. The van der Waals surface area contributed by atoms with Crippen LogP contribution in [-0.2, 0) is 20.1 Å². The van der Waals surface area contributed by atoms with Crippen molar-refractivity contribution in [3.8, 4) is 0 Å². The van der Waals surface area contributed by atoms with Crippen LogP contribution < -0.4 is 0 Å². The van der Waals surface area contributed by atoms with Gasteiger partial charge >= 0.3 is 0 Å². The molecule has 0 heterocycles. The molecule has 1 saturated carbocycles. The Balaban J connectivity index is 0.000000160. The van der Waals surface area contributed by atoms with Crippen molar-refractivity contribution in [2.45, 2.75) is 25.7 Å². The number of hydrogen-bond donors (Lipinski definition) is 0. The molecule has 0 aromatic heterocycles. The quantitative estimate of drug-likeness (QED) is 0.610. The predicted octanol–water partition coefficient (Wildman–Crippen LogP) is 1.56. The van der Waals surface area contributed by atoms with Crippen molar-refractivity contribution in [2.24, 2.45) is 0 Å². The van der Waals surface area contributed by atoms with Gasteiger partial charge in [-0.25, -0.2) is 0 Å². The second-order valence-electron chi connectivity index (χ2n) is 1.41. The molecule has 0 N–H and O–H groups in total. The average molecular weight is 248 g/mol. The van der Waals surface area contributed by atoms with Crippen LogP contribution in [0, 0.1) is 0 Å². The smallest absolute Gasteiger partial charge is 0 e. The van der Waals surface area contributed by atoms with Crippen LogP contribution in [0.4, 0.5) is 0 Å². The molecule has 1 fully saturated rings. The van der Waals surface area contributed by atoms with E-state index in [0.717, 1.165) is 0 Å². The molecule has 1 radical (unpaired) electrons. The van der Waals surface area contributed by atoms with E-state index in [1.807, 2.05) is 0 Å². The largest absolute Gasteiger partial charge is 0.0533 e. The van der Waals surface area contributed by atoms with Gasteiger partial charge < -0.3 is 0 Å². The summed E-state index contributed by atoms with van der Waals surface area (Å²) in [4.78, 5) is 0. The number of rotatable bonds is 0. The van der Waals surface area contributed by atoms with Crippen LogP contribution in [-0.4, -0.2) is 0 Å². The molecule has 1 heteroatoms. The third kappa shape index (κ3) is 1.51. The van der Waals surface area contributed by atoms with Gasteiger partial charge in [-0.3, -0.25) is 0 Å². The van der Waals surface area contributed by atoms with Gasteiger partial charge in [0.15, 0.2) is 0 Å². The van der Waals surface area contributed by atoms with Crippen molar-refractivity contribution in [3.05, 3.63) is 0 Å². The van der Waals surface area contributed by atoms with Crippen molar-refractivity contribution in [3.63, 3.8) is 0 Å². The fourth-order valence-corrected chi connectivity index (χ4v) is 0.250. The van der Waals surface area contributed by atoms with Gasteiger partial charge in [-0.15, -0.1) is 0 Å². The predicted molar refractivity (Wildman–Crippen MR) is 18.5 cm³/mol.